The number of aromatic nitrogens is 5. The molecule has 7 nitrogen and oxygen atoms in total. The van der Waals surface area contributed by atoms with E-state index in [1.807, 2.05) is 49.7 Å². The van der Waals surface area contributed by atoms with Crippen LogP contribution in [-0.4, -0.2) is 37.6 Å². The van der Waals surface area contributed by atoms with Gasteiger partial charge in [0, 0.05) is 52.1 Å². The zero-order valence-electron chi connectivity index (χ0n) is 20.3. The van der Waals surface area contributed by atoms with Gasteiger partial charge in [0.05, 0.1) is 17.6 Å². The smallest absolute Gasteiger partial charge is 0.260 e. The molecule has 0 spiro atoms. The minimum atomic E-state index is -0.0728. The van der Waals surface area contributed by atoms with Gasteiger partial charge in [-0.25, -0.2) is 15.0 Å². The second kappa shape index (κ2) is 9.84. The molecule has 0 saturated heterocycles. The summed E-state index contributed by atoms with van der Waals surface area (Å²) in [7, 11) is 2.02. The van der Waals surface area contributed by atoms with Crippen LogP contribution < -0.4 is 10.9 Å². The summed E-state index contributed by atoms with van der Waals surface area (Å²) >= 11 is 6.74. The zero-order chi connectivity index (χ0) is 24.5. The van der Waals surface area contributed by atoms with E-state index in [0.717, 1.165) is 48.0 Å². The summed E-state index contributed by atoms with van der Waals surface area (Å²) in [6.45, 7) is 4.40. The van der Waals surface area contributed by atoms with E-state index in [1.165, 1.54) is 0 Å². The number of fused-ring (bicyclic) bond motifs is 1. The van der Waals surface area contributed by atoms with Gasteiger partial charge < -0.3 is 5.32 Å². The molecular weight excluding hydrogens is 460 g/mol. The third-order valence-electron chi connectivity index (χ3n) is 6.95. The van der Waals surface area contributed by atoms with Crippen LogP contribution in [0.25, 0.3) is 33.4 Å². The topological polar surface area (TPSA) is 85.6 Å². The molecule has 0 aliphatic heterocycles. The number of hydrogen-bond acceptors (Lipinski definition) is 6. The number of nitrogens with zero attached hydrogens (tertiary/aromatic N) is 5. The van der Waals surface area contributed by atoms with Crippen LogP contribution in [0.1, 0.15) is 37.2 Å². The van der Waals surface area contributed by atoms with Crippen molar-refractivity contribution >= 4 is 22.6 Å². The molecule has 35 heavy (non-hydrogen) atoms. The van der Waals surface area contributed by atoms with Gasteiger partial charge in [-0.2, -0.15) is 0 Å². The Labute approximate surface area is 209 Å². The van der Waals surface area contributed by atoms with E-state index >= 15 is 0 Å². The lowest BCUT2D eigenvalue weighted by atomic mass is 9.86. The third-order valence-corrected chi connectivity index (χ3v) is 7.27. The average Bonchev–Trinajstić information content (AvgIpc) is 2.86. The molecule has 0 atom stereocenters. The molecule has 5 rings (SSSR count). The van der Waals surface area contributed by atoms with E-state index in [0.29, 0.717) is 46.1 Å². The van der Waals surface area contributed by atoms with Crippen molar-refractivity contribution in [2.45, 2.75) is 52.1 Å². The summed E-state index contributed by atoms with van der Waals surface area (Å²) in [6.07, 6.45) is 9.63. The maximum absolute atomic E-state index is 13.8. The highest BCUT2D eigenvalue weighted by atomic mass is 35.5. The Kier molecular flexibility index (Phi) is 6.62. The van der Waals surface area contributed by atoms with Gasteiger partial charge in [-0.05, 0) is 64.6 Å². The van der Waals surface area contributed by atoms with Crippen LogP contribution in [0, 0.1) is 19.8 Å². The van der Waals surface area contributed by atoms with Gasteiger partial charge in [0.15, 0.2) is 0 Å². The van der Waals surface area contributed by atoms with Gasteiger partial charge in [-0.3, -0.25) is 14.3 Å². The molecule has 1 saturated carbocycles. The van der Waals surface area contributed by atoms with Crippen LogP contribution in [0.3, 0.4) is 0 Å². The summed E-state index contributed by atoms with van der Waals surface area (Å²) in [5, 5.41) is 4.71. The Morgan fingerprint density at radius 3 is 2.54 bits per heavy atom. The average molecular weight is 489 g/mol. The van der Waals surface area contributed by atoms with Crippen molar-refractivity contribution in [3.8, 4) is 22.4 Å². The molecule has 8 heteroatoms. The second-order valence-electron chi connectivity index (χ2n) is 9.42. The molecule has 0 amide bonds. The lowest BCUT2D eigenvalue weighted by Gasteiger charge is -2.29. The monoisotopic (exact) mass is 488 g/mol. The molecule has 1 N–H and O–H groups in total. The Hall–Kier alpha value is -3.16. The molecule has 180 valence electrons. The summed E-state index contributed by atoms with van der Waals surface area (Å²) in [6, 6.07) is 8.09. The first-order valence-corrected chi connectivity index (χ1v) is 12.4. The fraction of sp³-hybridized carbons (Fsp3) is 0.370. The number of rotatable bonds is 5. The molecule has 0 bridgehead atoms. The number of nitrogens with one attached hydrogen (secondary N) is 1. The first-order valence-electron chi connectivity index (χ1n) is 12.1. The lowest BCUT2D eigenvalue weighted by molar-refractivity contribution is 0.275. The maximum Gasteiger partial charge on any atom is 0.260 e. The van der Waals surface area contributed by atoms with Crippen molar-refractivity contribution in [3.05, 3.63) is 69.8 Å². The summed E-state index contributed by atoms with van der Waals surface area (Å²) in [5.74, 6) is 1.09. The normalized spacial score (nSPS) is 18.2. The minimum Gasteiger partial charge on any atom is -0.317 e. The fourth-order valence-electron chi connectivity index (χ4n) is 4.99. The van der Waals surface area contributed by atoms with E-state index in [-0.39, 0.29) is 5.56 Å². The molecule has 0 unspecified atom stereocenters. The third kappa shape index (κ3) is 4.83. The number of halogens is 1. The van der Waals surface area contributed by atoms with Gasteiger partial charge >= 0.3 is 0 Å². The van der Waals surface area contributed by atoms with Gasteiger partial charge in [0.25, 0.3) is 5.56 Å². The van der Waals surface area contributed by atoms with Crippen LogP contribution >= 0.6 is 11.6 Å². The Morgan fingerprint density at radius 1 is 1.03 bits per heavy atom. The van der Waals surface area contributed by atoms with Crippen LogP contribution in [0.2, 0.25) is 5.02 Å². The lowest BCUT2D eigenvalue weighted by Crippen LogP contribution is -2.33. The molecule has 3 heterocycles. The van der Waals surface area contributed by atoms with Crippen LogP contribution in [-0.2, 0) is 6.54 Å². The van der Waals surface area contributed by atoms with Crippen LogP contribution in [0.15, 0.2) is 47.7 Å². The quantitative estimate of drug-likeness (QED) is 0.427. The Balaban J connectivity index is 1.58. The molecule has 4 aromatic rings. The van der Waals surface area contributed by atoms with E-state index in [9.17, 15) is 4.79 Å². The summed E-state index contributed by atoms with van der Waals surface area (Å²) in [5.41, 5.74) is 4.30. The zero-order valence-corrected chi connectivity index (χ0v) is 21.0. The SMILES string of the molecule is CNC1CCC(Cn2c(=O)c(-c3ccc(-c4cncc(C)n4)cc3Cl)cc3cnc(C)nc32)CC1. The molecule has 0 radical (unpaired) electrons. The van der Waals surface area contributed by atoms with Gasteiger partial charge in [0.1, 0.15) is 11.5 Å². The highest BCUT2D eigenvalue weighted by Crippen LogP contribution is 2.32. The molecule has 3 aromatic heterocycles. The van der Waals surface area contributed by atoms with E-state index in [2.05, 4.69) is 25.3 Å². The Bertz CT molecular complexity index is 1440. The second-order valence-corrected chi connectivity index (χ2v) is 9.82. The summed E-state index contributed by atoms with van der Waals surface area (Å²) < 4.78 is 1.83. The predicted molar refractivity (Wildman–Crippen MR) is 140 cm³/mol. The Morgan fingerprint density at radius 2 is 1.83 bits per heavy atom. The van der Waals surface area contributed by atoms with Gasteiger partial charge in [-0.1, -0.05) is 23.7 Å². The van der Waals surface area contributed by atoms with Crippen LogP contribution in [0.5, 0.6) is 0 Å². The number of hydrogen-bond donors (Lipinski definition) is 1. The standard InChI is InChI=1S/C27H29ClN6O/c1-16-12-30-14-25(32-16)19-6-9-22(24(28)11-19)23-10-20-13-31-17(2)33-26(20)34(27(23)35)15-18-4-7-21(29-3)8-5-18/h6,9-14,18,21,29H,4-5,7-8,15H2,1-3H3. The van der Waals surface area contributed by atoms with Crippen molar-refractivity contribution < 1.29 is 0 Å². The minimum absolute atomic E-state index is 0.0728. The largest absolute Gasteiger partial charge is 0.317 e. The molecule has 1 aliphatic rings. The number of aryl methyl sites for hydroxylation is 2. The summed E-state index contributed by atoms with van der Waals surface area (Å²) in [4.78, 5) is 31.6. The van der Waals surface area contributed by atoms with Crippen molar-refractivity contribution in [2.75, 3.05) is 7.05 Å². The maximum atomic E-state index is 13.8. The highest BCUT2D eigenvalue weighted by Gasteiger charge is 2.23. The molecular formula is C27H29ClN6O. The molecule has 1 aromatic carbocycles. The predicted octanol–water partition coefficient (Wildman–Crippen LogP) is 4.96. The van der Waals surface area contributed by atoms with Crippen molar-refractivity contribution in [3.63, 3.8) is 0 Å². The first kappa shape index (κ1) is 23.6. The number of benzene rings is 1. The highest BCUT2D eigenvalue weighted by molar-refractivity contribution is 6.33. The van der Waals surface area contributed by atoms with Gasteiger partial charge in [-0.15, -0.1) is 0 Å². The van der Waals surface area contributed by atoms with Crippen LogP contribution in [0.4, 0.5) is 0 Å². The first-order chi connectivity index (χ1) is 16.9. The van der Waals surface area contributed by atoms with E-state index in [4.69, 9.17) is 11.6 Å². The van der Waals surface area contributed by atoms with E-state index < -0.39 is 0 Å². The number of pyridine rings is 1. The fourth-order valence-corrected chi connectivity index (χ4v) is 5.28. The van der Waals surface area contributed by atoms with Crippen molar-refractivity contribution in [1.29, 1.82) is 0 Å². The molecule has 1 fully saturated rings. The van der Waals surface area contributed by atoms with Crippen molar-refractivity contribution in [2.24, 2.45) is 5.92 Å². The van der Waals surface area contributed by atoms with Crippen molar-refractivity contribution in [1.82, 2.24) is 29.8 Å². The van der Waals surface area contributed by atoms with Gasteiger partial charge in [0.2, 0.25) is 0 Å². The van der Waals surface area contributed by atoms with E-state index in [1.54, 1.807) is 18.6 Å². The molecule has 1 aliphatic carbocycles.